The fraction of sp³-hybridized carbons (Fsp3) is 0.561. The van der Waals surface area contributed by atoms with Gasteiger partial charge in [0.25, 0.3) is 0 Å². The van der Waals surface area contributed by atoms with Crippen molar-refractivity contribution in [2.24, 2.45) is 0 Å². The molecule has 352 valence electrons. The van der Waals surface area contributed by atoms with Crippen molar-refractivity contribution >= 4 is 17.9 Å². The highest BCUT2D eigenvalue weighted by atomic mass is 16.6. The normalized spacial score (nSPS) is 13.3. The number of ether oxygens (including phenoxy) is 3. The number of allylic oxidation sites excluding steroid dienone is 22. The molecule has 0 amide bonds. The molecule has 0 N–H and O–H groups in total. The molecule has 0 heterocycles. The van der Waals surface area contributed by atoms with E-state index < -0.39 is 12.1 Å². The first-order chi connectivity index (χ1) is 31.0. The van der Waals surface area contributed by atoms with Gasteiger partial charge in [-0.1, -0.05) is 199 Å². The fourth-order valence-corrected chi connectivity index (χ4v) is 6.04. The molecule has 0 saturated carbocycles. The van der Waals surface area contributed by atoms with Crippen molar-refractivity contribution in [2.45, 2.75) is 194 Å². The van der Waals surface area contributed by atoms with Gasteiger partial charge in [-0.25, -0.2) is 0 Å². The molecule has 0 aromatic rings. The number of hydrogen-bond acceptors (Lipinski definition) is 6. The van der Waals surface area contributed by atoms with Crippen LogP contribution in [-0.2, 0) is 28.6 Å². The molecule has 6 nitrogen and oxygen atoms in total. The molecule has 0 rings (SSSR count). The number of unbranched alkanes of at least 4 members (excludes halogenated alkanes) is 11. The van der Waals surface area contributed by atoms with Crippen molar-refractivity contribution in [2.75, 3.05) is 13.2 Å². The van der Waals surface area contributed by atoms with Gasteiger partial charge < -0.3 is 14.2 Å². The van der Waals surface area contributed by atoms with Gasteiger partial charge in [0.15, 0.2) is 6.10 Å². The monoisotopic (exact) mass is 869 g/mol. The summed E-state index contributed by atoms with van der Waals surface area (Å²) in [6.45, 7) is 6.23. The molecule has 1 unspecified atom stereocenters. The second-order valence-corrected chi connectivity index (χ2v) is 15.7. The standard InChI is InChI=1S/C57H88O6/c1-4-7-10-13-16-19-22-24-26-28-29-31-32-35-38-41-44-47-50-56(59)62-53-54(52-61-55(58)49-46-43-40-37-34-21-18-15-12-9-6-3)63-57(60)51-48-45-42-39-36-33-30-27-25-23-20-17-14-11-8-5-2/h8-9,11-12,17-18,20-22,24-29,31,33,36-37,40,42,45,54H,4-7,10,13-16,19,23,30,32,34-35,38-39,41,43-44,46-53H2,1-3H3/b11-8-,12-9-,20-17-,21-18-,24-22-,27-25-,28-26-,31-29-,36-33-,40-37-,45-42-. The predicted molar refractivity (Wildman–Crippen MR) is 269 cm³/mol. The predicted octanol–water partition coefficient (Wildman–Crippen LogP) is 16.3. The largest absolute Gasteiger partial charge is 0.462 e. The molecule has 0 aliphatic carbocycles. The first kappa shape index (κ1) is 58.6. The van der Waals surface area contributed by atoms with E-state index in [-0.39, 0.29) is 38.0 Å². The minimum atomic E-state index is -0.850. The third kappa shape index (κ3) is 48.4. The Hall–Kier alpha value is -4.45. The lowest BCUT2D eigenvalue weighted by Gasteiger charge is -2.18. The molecule has 0 aromatic carbocycles. The van der Waals surface area contributed by atoms with E-state index in [4.69, 9.17) is 14.2 Å². The SMILES string of the molecule is CC/C=C\C/C=C\C/C=C\C/C=C\C/C=C\CCC(=O)OC(COC(=O)CCC/C=C\C/C=C\C/C=C\CC)COC(=O)CCCCCCC\C=C/C=C\C=C/CCCCCCC. The number of esters is 3. The summed E-state index contributed by atoms with van der Waals surface area (Å²) in [5.41, 5.74) is 0. The van der Waals surface area contributed by atoms with Crippen LogP contribution >= 0.6 is 0 Å². The van der Waals surface area contributed by atoms with Gasteiger partial charge in [-0.05, 0) is 103 Å². The average molecular weight is 869 g/mol. The van der Waals surface area contributed by atoms with Crippen molar-refractivity contribution in [3.05, 3.63) is 134 Å². The summed E-state index contributed by atoms with van der Waals surface area (Å²) in [5, 5.41) is 0. The van der Waals surface area contributed by atoms with Gasteiger partial charge in [0.1, 0.15) is 13.2 Å². The molecule has 0 aliphatic rings. The Balaban J connectivity index is 4.59. The maximum absolute atomic E-state index is 12.7. The summed E-state index contributed by atoms with van der Waals surface area (Å²) in [7, 11) is 0. The van der Waals surface area contributed by atoms with Gasteiger partial charge in [-0.15, -0.1) is 0 Å². The summed E-state index contributed by atoms with van der Waals surface area (Å²) in [4.78, 5) is 37.8. The lowest BCUT2D eigenvalue weighted by molar-refractivity contribution is -0.166. The Kier molecular flexibility index (Phi) is 46.7. The second-order valence-electron chi connectivity index (χ2n) is 15.7. The van der Waals surface area contributed by atoms with Crippen LogP contribution in [0.3, 0.4) is 0 Å². The minimum absolute atomic E-state index is 0.139. The molecule has 0 saturated heterocycles. The van der Waals surface area contributed by atoms with Crippen LogP contribution in [0.15, 0.2) is 134 Å². The molecule has 0 fully saturated rings. The second kappa shape index (κ2) is 50.2. The molecular weight excluding hydrogens is 781 g/mol. The third-order valence-corrected chi connectivity index (χ3v) is 9.69. The van der Waals surface area contributed by atoms with Crippen molar-refractivity contribution < 1.29 is 28.6 Å². The highest BCUT2D eigenvalue weighted by Crippen LogP contribution is 2.11. The molecule has 0 aliphatic heterocycles. The van der Waals surface area contributed by atoms with Crippen LogP contribution in [0, 0.1) is 0 Å². The Morgan fingerprint density at radius 3 is 1.21 bits per heavy atom. The van der Waals surface area contributed by atoms with E-state index >= 15 is 0 Å². The highest BCUT2D eigenvalue weighted by molar-refractivity contribution is 5.71. The Bertz CT molecular complexity index is 1420. The quantitative estimate of drug-likeness (QED) is 0.0200. The van der Waals surface area contributed by atoms with Crippen molar-refractivity contribution in [1.29, 1.82) is 0 Å². The zero-order valence-electron chi connectivity index (χ0n) is 40.0. The minimum Gasteiger partial charge on any atom is -0.462 e. The van der Waals surface area contributed by atoms with E-state index in [1.165, 1.54) is 32.1 Å². The molecular formula is C57H88O6. The van der Waals surface area contributed by atoms with E-state index in [1.54, 1.807) is 0 Å². The van der Waals surface area contributed by atoms with E-state index in [2.05, 4.69) is 142 Å². The van der Waals surface area contributed by atoms with Crippen LogP contribution in [0.25, 0.3) is 0 Å². The van der Waals surface area contributed by atoms with Crippen LogP contribution in [0.5, 0.6) is 0 Å². The molecule has 0 aromatic heterocycles. The van der Waals surface area contributed by atoms with Crippen molar-refractivity contribution in [3.8, 4) is 0 Å². The van der Waals surface area contributed by atoms with Gasteiger partial charge in [-0.3, -0.25) is 14.4 Å². The van der Waals surface area contributed by atoms with Gasteiger partial charge >= 0.3 is 17.9 Å². The molecule has 63 heavy (non-hydrogen) atoms. The van der Waals surface area contributed by atoms with Gasteiger partial charge in [0, 0.05) is 19.3 Å². The molecule has 1 atom stereocenters. The topological polar surface area (TPSA) is 78.9 Å². The van der Waals surface area contributed by atoms with Gasteiger partial charge in [-0.2, -0.15) is 0 Å². The zero-order valence-corrected chi connectivity index (χ0v) is 40.0. The first-order valence-corrected chi connectivity index (χ1v) is 24.7. The smallest absolute Gasteiger partial charge is 0.306 e. The Morgan fingerprint density at radius 1 is 0.349 bits per heavy atom. The van der Waals surface area contributed by atoms with E-state index in [0.717, 1.165) is 103 Å². The number of rotatable bonds is 42. The number of hydrogen-bond donors (Lipinski definition) is 0. The third-order valence-electron chi connectivity index (χ3n) is 9.69. The number of carbonyl (C=O) groups excluding carboxylic acids is 3. The molecule has 0 radical (unpaired) electrons. The summed E-state index contributed by atoms with van der Waals surface area (Å²) < 4.78 is 16.6. The van der Waals surface area contributed by atoms with Gasteiger partial charge in [0.05, 0.1) is 0 Å². The number of carbonyl (C=O) groups is 3. The summed E-state index contributed by atoms with van der Waals surface area (Å²) in [5.74, 6) is -1.11. The van der Waals surface area contributed by atoms with Crippen LogP contribution < -0.4 is 0 Å². The Morgan fingerprint density at radius 2 is 0.730 bits per heavy atom. The molecule has 6 heteroatoms. The van der Waals surface area contributed by atoms with E-state index in [0.29, 0.717) is 19.3 Å². The van der Waals surface area contributed by atoms with Crippen LogP contribution in [0.1, 0.15) is 188 Å². The van der Waals surface area contributed by atoms with Crippen LogP contribution in [-0.4, -0.2) is 37.2 Å². The molecule has 0 spiro atoms. The fourth-order valence-electron chi connectivity index (χ4n) is 6.04. The lowest BCUT2D eigenvalue weighted by atomic mass is 10.1. The van der Waals surface area contributed by atoms with Gasteiger partial charge in [0.2, 0.25) is 0 Å². The Labute approximate surface area is 385 Å². The summed E-state index contributed by atoms with van der Waals surface area (Å²) in [6, 6.07) is 0. The van der Waals surface area contributed by atoms with Crippen molar-refractivity contribution in [3.63, 3.8) is 0 Å². The average Bonchev–Trinajstić information content (AvgIpc) is 3.28. The highest BCUT2D eigenvalue weighted by Gasteiger charge is 2.19. The molecule has 0 bridgehead atoms. The van der Waals surface area contributed by atoms with Crippen LogP contribution in [0.2, 0.25) is 0 Å². The van der Waals surface area contributed by atoms with E-state index in [9.17, 15) is 14.4 Å². The zero-order chi connectivity index (χ0) is 45.8. The maximum atomic E-state index is 12.7. The van der Waals surface area contributed by atoms with Crippen LogP contribution in [0.4, 0.5) is 0 Å². The van der Waals surface area contributed by atoms with Crippen molar-refractivity contribution in [1.82, 2.24) is 0 Å². The maximum Gasteiger partial charge on any atom is 0.306 e. The van der Waals surface area contributed by atoms with E-state index in [1.807, 2.05) is 12.2 Å². The summed E-state index contributed by atoms with van der Waals surface area (Å²) >= 11 is 0. The first-order valence-electron chi connectivity index (χ1n) is 24.7. The summed E-state index contributed by atoms with van der Waals surface area (Å²) in [6.07, 6.45) is 70.3. The lowest BCUT2D eigenvalue weighted by Crippen LogP contribution is -2.30.